The van der Waals surface area contributed by atoms with Crippen molar-refractivity contribution in [2.75, 3.05) is 19.8 Å². The van der Waals surface area contributed by atoms with E-state index in [0.717, 1.165) is 41.0 Å². The van der Waals surface area contributed by atoms with Gasteiger partial charge in [-0.1, -0.05) is 6.07 Å². The van der Waals surface area contributed by atoms with Crippen LogP contribution >= 0.6 is 35.3 Å². The van der Waals surface area contributed by atoms with Gasteiger partial charge in [-0.15, -0.1) is 35.3 Å². The Morgan fingerprint density at radius 3 is 2.77 bits per heavy atom. The Morgan fingerprint density at radius 1 is 1.23 bits per heavy atom. The Morgan fingerprint density at radius 2 is 2.04 bits per heavy atom. The molecule has 0 aliphatic carbocycles. The van der Waals surface area contributed by atoms with E-state index in [0.29, 0.717) is 26.3 Å². The fourth-order valence-electron chi connectivity index (χ4n) is 2.46. The number of aliphatic imine (C=N–C) groups is 1. The molecule has 0 radical (unpaired) electrons. The van der Waals surface area contributed by atoms with Crippen molar-refractivity contribution in [3.05, 3.63) is 39.8 Å². The highest BCUT2D eigenvalue weighted by Gasteiger charge is 2.10. The summed E-state index contributed by atoms with van der Waals surface area (Å²) in [6.07, 6.45) is 2.80. The third-order valence-electron chi connectivity index (χ3n) is 3.65. The average Bonchev–Trinajstić information content (AvgIpc) is 2.89. The van der Waals surface area contributed by atoms with Gasteiger partial charge in [0.1, 0.15) is 5.01 Å². The number of fused-ring (bicyclic) bond motifs is 1. The maximum atomic E-state index is 5.74. The van der Waals surface area contributed by atoms with Gasteiger partial charge in [-0.2, -0.15) is 0 Å². The Bertz CT molecular complexity index is 736. The van der Waals surface area contributed by atoms with E-state index in [9.17, 15) is 0 Å². The maximum absolute atomic E-state index is 5.74. The summed E-state index contributed by atoms with van der Waals surface area (Å²) in [5.74, 6) is 2.40. The van der Waals surface area contributed by atoms with Crippen LogP contribution in [0.15, 0.2) is 29.4 Å². The van der Waals surface area contributed by atoms with Crippen LogP contribution in [0.1, 0.15) is 28.8 Å². The third kappa shape index (κ3) is 6.01. The second-order valence-corrected chi connectivity index (χ2v) is 7.06. The molecule has 1 aromatic heterocycles. The lowest BCUT2D eigenvalue weighted by Crippen LogP contribution is -2.36. The van der Waals surface area contributed by atoms with Crippen LogP contribution in [0.5, 0.6) is 11.5 Å². The lowest BCUT2D eigenvalue weighted by atomic mass is 10.2. The quantitative estimate of drug-likeness (QED) is 0.383. The van der Waals surface area contributed by atoms with Crippen molar-refractivity contribution < 1.29 is 9.47 Å². The van der Waals surface area contributed by atoms with Gasteiger partial charge in [0.25, 0.3) is 0 Å². The summed E-state index contributed by atoms with van der Waals surface area (Å²) in [6, 6.07) is 6.01. The zero-order valence-electron chi connectivity index (χ0n) is 15.1. The fraction of sp³-hybridized carbons (Fsp3) is 0.444. The van der Waals surface area contributed by atoms with Gasteiger partial charge >= 0.3 is 0 Å². The third-order valence-corrected chi connectivity index (χ3v) is 4.56. The molecule has 0 bridgehead atoms. The molecule has 1 aliphatic rings. The number of guanidine groups is 1. The SMILES string of the molecule is CCNC(=NCc1ccc2c(c1)OCCCO2)NCc1ncc(C)s1.I. The van der Waals surface area contributed by atoms with E-state index in [1.807, 2.05) is 24.4 Å². The smallest absolute Gasteiger partial charge is 0.191 e. The Labute approximate surface area is 175 Å². The Kier molecular flexibility index (Phi) is 8.43. The number of ether oxygens (including phenoxy) is 2. The molecular formula is C18H25IN4O2S. The molecule has 0 spiro atoms. The van der Waals surface area contributed by atoms with Crippen LogP contribution in [-0.4, -0.2) is 30.7 Å². The van der Waals surface area contributed by atoms with Crippen LogP contribution in [-0.2, 0) is 13.1 Å². The van der Waals surface area contributed by atoms with Crippen molar-refractivity contribution in [2.45, 2.75) is 33.4 Å². The molecule has 6 nitrogen and oxygen atoms in total. The summed E-state index contributed by atoms with van der Waals surface area (Å²) in [7, 11) is 0. The van der Waals surface area contributed by atoms with Gasteiger partial charge in [-0.25, -0.2) is 9.98 Å². The first-order valence-electron chi connectivity index (χ1n) is 8.56. The second kappa shape index (κ2) is 10.6. The van der Waals surface area contributed by atoms with E-state index in [2.05, 4.69) is 34.5 Å². The molecule has 2 N–H and O–H groups in total. The van der Waals surface area contributed by atoms with Crippen molar-refractivity contribution in [3.8, 4) is 11.5 Å². The van der Waals surface area contributed by atoms with Crippen LogP contribution in [0.2, 0.25) is 0 Å². The molecule has 142 valence electrons. The number of thiazole rings is 1. The minimum absolute atomic E-state index is 0. The normalized spacial score (nSPS) is 13.5. The number of aryl methyl sites for hydroxylation is 1. The first-order valence-corrected chi connectivity index (χ1v) is 9.38. The van der Waals surface area contributed by atoms with Crippen LogP contribution < -0.4 is 20.1 Å². The van der Waals surface area contributed by atoms with Gasteiger partial charge in [0, 0.05) is 24.0 Å². The second-order valence-electron chi connectivity index (χ2n) is 5.74. The Hall–Kier alpha value is -1.55. The van der Waals surface area contributed by atoms with E-state index in [4.69, 9.17) is 9.47 Å². The van der Waals surface area contributed by atoms with Gasteiger partial charge in [0.05, 0.1) is 26.3 Å². The number of halogens is 1. The van der Waals surface area contributed by atoms with E-state index in [-0.39, 0.29) is 24.0 Å². The molecular weight excluding hydrogens is 463 g/mol. The van der Waals surface area contributed by atoms with E-state index in [1.165, 1.54) is 4.88 Å². The lowest BCUT2D eigenvalue weighted by molar-refractivity contribution is 0.297. The number of benzene rings is 1. The summed E-state index contributed by atoms with van der Waals surface area (Å²) in [5, 5.41) is 7.64. The zero-order valence-corrected chi connectivity index (χ0v) is 18.2. The summed E-state index contributed by atoms with van der Waals surface area (Å²) in [6.45, 7) is 7.56. The van der Waals surface area contributed by atoms with Crippen LogP contribution in [0.25, 0.3) is 0 Å². The number of rotatable bonds is 5. The number of nitrogens with one attached hydrogen (secondary N) is 2. The molecule has 2 heterocycles. The van der Waals surface area contributed by atoms with Gasteiger partial charge in [0.2, 0.25) is 0 Å². The molecule has 8 heteroatoms. The van der Waals surface area contributed by atoms with Gasteiger partial charge in [0.15, 0.2) is 17.5 Å². The first kappa shape index (κ1) is 20.8. The van der Waals surface area contributed by atoms with Crippen molar-refractivity contribution in [2.24, 2.45) is 4.99 Å². The predicted molar refractivity (Wildman–Crippen MR) is 116 cm³/mol. The van der Waals surface area contributed by atoms with Crippen molar-refractivity contribution in [1.82, 2.24) is 15.6 Å². The van der Waals surface area contributed by atoms with E-state index < -0.39 is 0 Å². The molecule has 3 rings (SSSR count). The topological polar surface area (TPSA) is 67.8 Å². The maximum Gasteiger partial charge on any atom is 0.191 e. The predicted octanol–water partition coefficient (Wildman–Crippen LogP) is 3.49. The molecule has 0 amide bonds. The van der Waals surface area contributed by atoms with Crippen molar-refractivity contribution in [1.29, 1.82) is 0 Å². The molecule has 1 aromatic carbocycles. The first-order chi connectivity index (χ1) is 12.2. The minimum atomic E-state index is 0. The molecule has 26 heavy (non-hydrogen) atoms. The molecule has 0 unspecified atom stereocenters. The summed E-state index contributed by atoms with van der Waals surface area (Å²) >= 11 is 1.69. The van der Waals surface area contributed by atoms with E-state index in [1.54, 1.807) is 11.3 Å². The highest BCUT2D eigenvalue weighted by Crippen LogP contribution is 2.30. The lowest BCUT2D eigenvalue weighted by Gasteiger charge is -2.11. The molecule has 2 aromatic rings. The van der Waals surface area contributed by atoms with Gasteiger partial charge in [-0.05, 0) is 31.5 Å². The number of nitrogens with zero attached hydrogens (tertiary/aromatic N) is 2. The number of hydrogen-bond donors (Lipinski definition) is 2. The van der Waals surface area contributed by atoms with E-state index >= 15 is 0 Å². The number of hydrogen-bond acceptors (Lipinski definition) is 5. The highest BCUT2D eigenvalue weighted by molar-refractivity contribution is 14.0. The van der Waals surface area contributed by atoms with Crippen molar-refractivity contribution >= 4 is 41.3 Å². The van der Waals surface area contributed by atoms with Crippen LogP contribution in [0.3, 0.4) is 0 Å². The van der Waals surface area contributed by atoms with Crippen LogP contribution in [0.4, 0.5) is 0 Å². The fourth-order valence-corrected chi connectivity index (χ4v) is 3.19. The summed E-state index contributed by atoms with van der Waals surface area (Å²) < 4.78 is 11.4. The summed E-state index contributed by atoms with van der Waals surface area (Å²) in [4.78, 5) is 10.2. The average molecular weight is 488 g/mol. The van der Waals surface area contributed by atoms with Gasteiger partial charge in [-0.3, -0.25) is 0 Å². The molecule has 0 saturated carbocycles. The minimum Gasteiger partial charge on any atom is -0.490 e. The molecule has 0 saturated heterocycles. The summed E-state index contributed by atoms with van der Waals surface area (Å²) in [5.41, 5.74) is 1.09. The Balaban J connectivity index is 0.00000243. The molecule has 0 atom stereocenters. The largest absolute Gasteiger partial charge is 0.490 e. The highest BCUT2D eigenvalue weighted by atomic mass is 127. The number of aromatic nitrogens is 1. The monoisotopic (exact) mass is 488 g/mol. The van der Waals surface area contributed by atoms with Crippen LogP contribution in [0, 0.1) is 6.92 Å². The van der Waals surface area contributed by atoms with Gasteiger partial charge < -0.3 is 20.1 Å². The molecule has 1 aliphatic heterocycles. The molecule has 0 fully saturated rings. The zero-order chi connectivity index (χ0) is 17.5. The van der Waals surface area contributed by atoms with Crippen molar-refractivity contribution in [3.63, 3.8) is 0 Å². The standard InChI is InChI=1S/C18H24N4O2S.HI/c1-3-19-18(22-12-17-20-10-13(2)25-17)21-11-14-5-6-15-16(9-14)24-8-4-7-23-15;/h5-6,9-10H,3-4,7-8,11-12H2,1-2H3,(H2,19,21,22);1H.